The lowest BCUT2D eigenvalue weighted by Gasteiger charge is -2.22. The van der Waals surface area contributed by atoms with E-state index in [9.17, 15) is 9.59 Å². The number of nitrogens with zero attached hydrogens (tertiary/aromatic N) is 2. The number of nitrogens with two attached hydrogens (primary N) is 1. The van der Waals surface area contributed by atoms with E-state index in [0.717, 1.165) is 21.8 Å². The number of amides is 2. The van der Waals surface area contributed by atoms with E-state index in [4.69, 9.17) is 5.73 Å². The molecule has 0 bridgehead atoms. The van der Waals surface area contributed by atoms with E-state index in [1.165, 1.54) is 0 Å². The molecule has 6 heteroatoms. The van der Waals surface area contributed by atoms with Crippen molar-refractivity contribution in [1.82, 2.24) is 9.47 Å². The normalized spacial score (nSPS) is 18.3. The van der Waals surface area contributed by atoms with Gasteiger partial charge in [0.15, 0.2) is 0 Å². The zero-order valence-corrected chi connectivity index (χ0v) is 13.0. The minimum Gasteiger partial charge on any atom is -0.368 e. The van der Waals surface area contributed by atoms with Crippen molar-refractivity contribution in [3.63, 3.8) is 0 Å². The zero-order valence-electron chi connectivity index (χ0n) is 11.5. The standard InChI is InChI=1S/C15H16BrN3O2/c16-11-4-3-10-5-7-18(13(10)8-11)9-14(20)19-6-1-2-12(19)15(17)21/h3-5,7-8,12H,1-2,6,9H2,(H2,17,21). The molecule has 0 saturated carbocycles. The number of rotatable bonds is 3. The van der Waals surface area contributed by atoms with Gasteiger partial charge in [-0.05, 0) is 36.4 Å². The van der Waals surface area contributed by atoms with Crippen molar-refractivity contribution in [1.29, 1.82) is 0 Å². The van der Waals surface area contributed by atoms with Gasteiger partial charge in [-0.15, -0.1) is 0 Å². The predicted molar refractivity (Wildman–Crippen MR) is 83.6 cm³/mol. The summed E-state index contributed by atoms with van der Waals surface area (Å²) in [6.07, 6.45) is 3.39. The molecular formula is C15H16BrN3O2. The topological polar surface area (TPSA) is 68.3 Å². The monoisotopic (exact) mass is 349 g/mol. The van der Waals surface area contributed by atoms with Gasteiger partial charge in [-0.25, -0.2) is 0 Å². The number of carbonyl (C=O) groups is 2. The molecule has 1 atom stereocenters. The smallest absolute Gasteiger partial charge is 0.243 e. The molecule has 1 aliphatic rings. The van der Waals surface area contributed by atoms with Gasteiger partial charge in [0, 0.05) is 22.7 Å². The zero-order chi connectivity index (χ0) is 15.0. The fraction of sp³-hybridized carbons (Fsp3) is 0.333. The summed E-state index contributed by atoms with van der Waals surface area (Å²) >= 11 is 3.44. The van der Waals surface area contributed by atoms with Crippen LogP contribution in [0.2, 0.25) is 0 Å². The van der Waals surface area contributed by atoms with Crippen LogP contribution in [-0.4, -0.2) is 33.9 Å². The first-order chi connectivity index (χ1) is 10.1. The molecule has 2 heterocycles. The molecule has 1 aromatic carbocycles. The summed E-state index contributed by atoms with van der Waals surface area (Å²) in [6, 6.07) is 7.48. The van der Waals surface area contributed by atoms with Crippen molar-refractivity contribution in [2.45, 2.75) is 25.4 Å². The Bertz CT molecular complexity index is 710. The first kappa shape index (κ1) is 14.1. The fourth-order valence-electron chi connectivity index (χ4n) is 2.89. The third kappa shape index (κ3) is 2.68. The Morgan fingerprint density at radius 3 is 2.90 bits per heavy atom. The Hall–Kier alpha value is -1.82. The summed E-state index contributed by atoms with van der Waals surface area (Å²) in [7, 11) is 0. The number of carbonyl (C=O) groups excluding carboxylic acids is 2. The summed E-state index contributed by atoms with van der Waals surface area (Å²) in [5.74, 6) is -0.477. The predicted octanol–water partition coefficient (Wildman–Crippen LogP) is 1.88. The van der Waals surface area contributed by atoms with Crippen LogP contribution in [0.15, 0.2) is 34.9 Å². The van der Waals surface area contributed by atoms with E-state index in [2.05, 4.69) is 15.9 Å². The highest BCUT2D eigenvalue weighted by atomic mass is 79.9. The van der Waals surface area contributed by atoms with Gasteiger partial charge in [-0.3, -0.25) is 9.59 Å². The second kappa shape index (κ2) is 5.52. The van der Waals surface area contributed by atoms with Crippen LogP contribution in [-0.2, 0) is 16.1 Å². The quantitative estimate of drug-likeness (QED) is 0.918. The minimum absolute atomic E-state index is 0.0613. The molecule has 110 valence electrons. The number of hydrogen-bond donors (Lipinski definition) is 1. The molecule has 2 aromatic rings. The van der Waals surface area contributed by atoms with Gasteiger partial charge in [0.05, 0.1) is 0 Å². The molecule has 1 aromatic heterocycles. The molecule has 21 heavy (non-hydrogen) atoms. The SMILES string of the molecule is NC(=O)C1CCCN1C(=O)Cn1ccc2ccc(Br)cc21. The number of halogens is 1. The maximum atomic E-state index is 12.4. The molecule has 5 nitrogen and oxygen atoms in total. The van der Waals surface area contributed by atoms with Gasteiger partial charge < -0.3 is 15.2 Å². The number of aromatic nitrogens is 1. The molecule has 3 rings (SSSR count). The van der Waals surface area contributed by atoms with Crippen molar-refractivity contribution in [3.8, 4) is 0 Å². The Balaban J connectivity index is 1.83. The molecule has 2 N–H and O–H groups in total. The van der Waals surface area contributed by atoms with Crippen LogP contribution in [0, 0.1) is 0 Å². The summed E-state index contributed by atoms with van der Waals surface area (Å²) in [6.45, 7) is 0.832. The van der Waals surface area contributed by atoms with Crippen LogP contribution in [0.25, 0.3) is 10.9 Å². The van der Waals surface area contributed by atoms with E-state index in [1.807, 2.05) is 35.0 Å². The van der Waals surface area contributed by atoms with Gasteiger partial charge in [0.1, 0.15) is 12.6 Å². The summed E-state index contributed by atoms with van der Waals surface area (Å²) in [5.41, 5.74) is 6.36. The van der Waals surface area contributed by atoms with E-state index < -0.39 is 11.9 Å². The second-order valence-corrected chi connectivity index (χ2v) is 6.21. The molecule has 1 saturated heterocycles. The molecule has 1 aliphatic heterocycles. The van der Waals surface area contributed by atoms with Crippen molar-refractivity contribution in [3.05, 3.63) is 34.9 Å². The highest BCUT2D eigenvalue weighted by Crippen LogP contribution is 2.22. The molecule has 0 aliphatic carbocycles. The minimum atomic E-state index is -0.453. The maximum absolute atomic E-state index is 12.4. The van der Waals surface area contributed by atoms with Crippen LogP contribution < -0.4 is 5.73 Å². The summed E-state index contributed by atoms with van der Waals surface area (Å²) in [5, 5.41) is 1.08. The average Bonchev–Trinajstić information content (AvgIpc) is 3.06. The molecule has 1 fully saturated rings. The van der Waals surface area contributed by atoms with Crippen LogP contribution in [0.1, 0.15) is 12.8 Å². The third-order valence-electron chi connectivity index (χ3n) is 3.94. The lowest BCUT2D eigenvalue weighted by molar-refractivity contribution is -0.137. The second-order valence-electron chi connectivity index (χ2n) is 5.29. The van der Waals surface area contributed by atoms with Gasteiger partial charge in [-0.2, -0.15) is 0 Å². The Kier molecular flexibility index (Phi) is 3.71. The number of primary amides is 1. The van der Waals surface area contributed by atoms with Crippen molar-refractivity contribution in [2.75, 3.05) is 6.54 Å². The van der Waals surface area contributed by atoms with E-state index in [0.29, 0.717) is 13.0 Å². The van der Waals surface area contributed by atoms with Crippen molar-refractivity contribution in [2.24, 2.45) is 5.73 Å². The van der Waals surface area contributed by atoms with Crippen LogP contribution >= 0.6 is 15.9 Å². The molecule has 2 amide bonds. The van der Waals surface area contributed by atoms with E-state index in [1.54, 1.807) is 4.90 Å². The maximum Gasteiger partial charge on any atom is 0.243 e. The van der Waals surface area contributed by atoms with E-state index in [-0.39, 0.29) is 12.5 Å². The largest absolute Gasteiger partial charge is 0.368 e. The highest BCUT2D eigenvalue weighted by Gasteiger charge is 2.32. The first-order valence-electron chi connectivity index (χ1n) is 6.89. The molecule has 1 unspecified atom stereocenters. The van der Waals surface area contributed by atoms with Gasteiger partial charge in [-0.1, -0.05) is 22.0 Å². The van der Waals surface area contributed by atoms with Crippen LogP contribution in [0.4, 0.5) is 0 Å². The Labute approximate surface area is 130 Å². The Morgan fingerprint density at radius 2 is 2.14 bits per heavy atom. The van der Waals surface area contributed by atoms with E-state index >= 15 is 0 Å². The lowest BCUT2D eigenvalue weighted by atomic mass is 10.2. The Morgan fingerprint density at radius 1 is 1.33 bits per heavy atom. The van der Waals surface area contributed by atoms with Gasteiger partial charge >= 0.3 is 0 Å². The number of fused-ring (bicyclic) bond motifs is 1. The summed E-state index contributed by atoms with van der Waals surface area (Å²) in [4.78, 5) is 25.4. The highest BCUT2D eigenvalue weighted by molar-refractivity contribution is 9.10. The van der Waals surface area contributed by atoms with Crippen molar-refractivity contribution < 1.29 is 9.59 Å². The third-order valence-corrected chi connectivity index (χ3v) is 4.44. The number of hydrogen-bond acceptors (Lipinski definition) is 2. The first-order valence-corrected chi connectivity index (χ1v) is 7.69. The number of likely N-dealkylation sites (tertiary alicyclic amines) is 1. The fourth-order valence-corrected chi connectivity index (χ4v) is 3.24. The molecule has 0 radical (unpaired) electrons. The lowest BCUT2D eigenvalue weighted by Crippen LogP contribution is -2.44. The van der Waals surface area contributed by atoms with Crippen LogP contribution in [0.5, 0.6) is 0 Å². The van der Waals surface area contributed by atoms with Crippen LogP contribution in [0.3, 0.4) is 0 Å². The number of benzene rings is 1. The summed E-state index contributed by atoms with van der Waals surface area (Å²) < 4.78 is 2.87. The molecular weight excluding hydrogens is 334 g/mol. The average molecular weight is 350 g/mol. The molecule has 0 spiro atoms. The van der Waals surface area contributed by atoms with Gasteiger partial charge in [0.2, 0.25) is 11.8 Å². The van der Waals surface area contributed by atoms with Gasteiger partial charge in [0.25, 0.3) is 0 Å². The van der Waals surface area contributed by atoms with Crippen molar-refractivity contribution >= 4 is 38.6 Å².